The number of pyridine rings is 1. The predicted octanol–water partition coefficient (Wildman–Crippen LogP) is 4.96. The van der Waals surface area contributed by atoms with E-state index in [1.807, 2.05) is 12.1 Å². The molecule has 8 heteroatoms. The maximum atomic E-state index is 5.03. The first kappa shape index (κ1) is 21.4. The van der Waals surface area contributed by atoms with Crippen LogP contribution >= 0.6 is 0 Å². The van der Waals surface area contributed by atoms with Crippen LogP contribution in [0, 0.1) is 0 Å². The minimum atomic E-state index is 0.525. The van der Waals surface area contributed by atoms with Crippen LogP contribution < -0.4 is 0 Å². The van der Waals surface area contributed by atoms with Gasteiger partial charge in [0.1, 0.15) is 11.5 Å². The molecule has 8 nitrogen and oxygen atoms in total. The minimum absolute atomic E-state index is 0.525. The summed E-state index contributed by atoms with van der Waals surface area (Å²) in [7, 11) is 0. The number of hydrogen-bond acceptors (Lipinski definition) is 6. The van der Waals surface area contributed by atoms with E-state index in [0.717, 1.165) is 54.3 Å². The van der Waals surface area contributed by atoms with Gasteiger partial charge in [-0.05, 0) is 46.9 Å². The standard InChI is InChI=1S/C25H30N8/c1-2-3-16-33-22(27-24(30-33)20-8-5-4-6-9-20)17-18-11-13-19(14-12-18)21-10-7-15-26-23(21)25-28-31-32-29-25/h7,10-15,20H,2-6,8-9,16-17H2,1H3,(H,28,29,31,32). The number of H-pyrrole nitrogens is 1. The fourth-order valence-electron chi connectivity index (χ4n) is 4.62. The summed E-state index contributed by atoms with van der Waals surface area (Å²) in [5.41, 5.74) is 4.04. The van der Waals surface area contributed by atoms with Crippen LogP contribution in [-0.2, 0) is 13.0 Å². The van der Waals surface area contributed by atoms with Crippen LogP contribution in [0.2, 0.25) is 0 Å². The molecule has 0 bridgehead atoms. The van der Waals surface area contributed by atoms with Gasteiger partial charge in [-0.25, -0.2) is 14.8 Å². The molecule has 5 rings (SSSR count). The van der Waals surface area contributed by atoms with Crippen LogP contribution in [-0.4, -0.2) is 40.4 Å². The van der Waals surface area contributed by atoms with Crippen molar-refractivity contribution in [1.82, 2.24) is 40.4 Å². The molecule has 0 aliphatic heterocycles. The number of hydrogen-bond donors (Lipinski definition) is 1. The van der Waals surface area contributed by atoms with Crippen LogP contribution in [0.15, 0.2) is 42.6 Å². The zero-order chi connectivity index (χ0) is 22.5. The van der Waals surface area contributed by atoms with Gasteiger partial charge in [0, 0.05) is 30.6 Å². The molecule has 4 aromatic rings. The first-order valence-electron chi connectivity index (χ1n) is 12.0. The number of tetrazole rings is 1. The number of rotatable bonds is 8. The van der Waals surface area contributed by atoms with E-state index in [1.165, 1.54) is 37.7 Å². The molecule has 33 heavy (non-hydrogen) atoms. The molecule has 0 saturated heterocycles. The normalized spacial score (nSPS) is 14.6. The highest BCUT2D eigenvalue weighted by Gasteiger charge is 2.21. The summed E-state index contributed by atoms with van der Waals surface area (Å²) < 4.78 is 2.15. The van der Waals surface area contributed by atoms with E-state index in [9.17, 15) is 0 Å². The van der Waals surface area contributed by atoms with Gasteiger partial charge in [0.2, 0.25) is 0 Å². The smallest absolute Gasteiger partial charge is 0.198 e. The summed E-state index contributed by atoms with van der Waals surface area (Å²) in [5.74, 6) is 3.22. The summed E-state index contributed by atoms with van der Waals surface area (Å²) in [6.07, 6.45) is 11.2. The van der Waals surface area contributed by atoms with E-state index in [1.54, 1.807) is 6.20 Å². The number of aromatic amines is 1. The largest absolute Gasteiger partial charge is 0.252 e. The number of unbranched alkanes of at least 4 members (excludes halogenated alkanes) is 1. The van der Waals surface area contributed by atoms with Crippen molar-refractivity contribution in [3.05, 3.63) is 59.8 Å². The van der Waals surface area contributed by atoms with Gasteiger partial charge in [-0.15, -0.1) is 5.10 Å². The lowest BCUT2D eigenvalue weighted by atomic mass is 9.89. The molecule has 0 spiro atoms. The molecule has 1 fully saturated rings. The first-order chi connectivity index (χ1) is 16.3. The van der Waals surface area contributed by atoms with Gasteiger partial charge >= 0.3 is 0 Å². The molecular formula is C25H30N8. The molecule has 3 heterocycles. The number of nitrogens with zero attached hydrogens (tertiary/aromatic N) is 7. The molecule has 170 valence electrons. The number of benzene rings is 1. The minimum Gasteiger partial charge on any atom is -0.252 e. The van der Waals surface area contributed by atoms with Gasteiger partial charge < -0.3 is 0 Å². The van der Waals surface area contributed by atoms with Gasteiger partial charge in [0.25, 0.3) is 0 Å². The maximum Gasteiger partial charge on any atom is 0.198 e. The van der Waals surface area contributed by atoms with Crippen LogP contribution in [0.3, 0.4) is 0 Å². The summed E-state index contributed by atoms with van der Waals surface area (Å²) >= 11 is 0. The molecule has 0 radical (unpaired) electrons. The molecule has 1 aromatic carbocycles. The van der Waals surface area contributed by atoms with Gasteiger partial charge in [-0.3, -0.25) is 4.98 Å². The fraction of sp³-hybridized carbons (Fsp3) is 0.440. The zero-order valence-corrected chi connectivity index (χ0v) is 19.1. The molecule has 1 saturated carbocycles. The summed E-state index contributed by atoms with van der Waals surface area (Å²) in [6.45, 7) is 3.16. The molecule has 1 aliphatic carbocycles. The fourth-order valence-corrected chi connectivity index (χ4v) is 4.62. The van der Waals surface area contributed by atoms with E-state index < -0.39 is 0 Å². The van der Waals surface area contributed by atoms with Crippen molar-refractivity contribution in [3.8, 4) is 22.6 Å². The third-order valence-corrected chi connectivity index (χ3v) is 6.46. The van der Waals surface area contributed by atoms with E-state index in [4.69, 9.17) is 10.1 Å². The number of nitrogens with one attached hydrogen (secondary N) is 1. The van der Waals surface area contributed by atoms with Gasteiger partial charge in [0.05, 0.1) is 0 Å². The lowest BCUT2D eigenvalue weighted by Gasteiger charge is -2.18. The van der Waals surface area contributed by atoms with E-state index in [-0.39, 0.29) is 0 Å². The van der Waals surface area contributed by atoms with E-state index >= 15 is 0 Å². The molecule has 1 N–H and O–H groups in total. The van der Waals surface area contributed by atoms with Crippen molar-refractivity contribution in [2.24, 2.45) is 0 Å². The summed E-state index contributed by atoms with van der Waals surface area (Å²) in [6, 6.07) is 12.6. The number of aromatic nitrogens is 8. The van der Waals surface area contributed by atoms with Gasteiger partial charge in [0.15, 0.2) is 11.6 Å². The van der Waals surface area contributed by atoms with Crippen LogP contribution in [0.5, 0.6) is 0 Å². The quantitative estimate of drug-likeness (QED) is 0.414. The van der Waals surface area contributed by atoms with E-state index in [0.29, 0.717) is 11.7 Å². The highest BCUT2D eigenvalue weighted by molar-refractivity contribution is 5.77. The molecule has 0 amide bonds. The lowest BCUT2D eigenvalue weighted by molar-refractivity contribution is 0.425. The topological polar surface area (TPSA) is 98.1 Å². The molecule has 0 unspecified atom stereocenters. The Labute approximate surface area is 193 Å². The zero-order valence-electron chi connectivity index (χ0n) is 19.1. The monoisotopic (exact) mass is 442 g/mol. The molecular weight excluding hydrogens is 412 g/mol. The summed E-state index contributed by atoms with van der Waals surface area (Å²) in [5, 5.41) is 19.1. The lowest BCUT2D eigenvalue weighted by Crippen LogP contribution is -2.08. The van der Waals surface area contributed by atoms with Gasteiger partial charge in [-0.1, -0.05) is 62.9 Å². The van der Waals surface area contributed by atoms with Crippen molar-refractivity contribution < 1.29 is 0 Å². The van der Waals surface area contributed by atoms with Gasteiger partial charge in [-0.2, -0.15) is 5.10 Å². The Hall–Kier alpha value is -3.42. The van der Waals surface area contributed by atoms with Crippen molar-refractivity contribution >= 4 is 0 Å². The SMILES string of the molecule is CCCCn1nc(C2CCCCC2)nc1Cc1ccc(-c2cccnc2-c2nnn[nH]2)cc1. The van der Waals surface area contributed by atoms with Crippen LogP contribution in [0.4, 0.5) is 0 Å². The third-order valence-electron chi connectivity index (χ3n) is 6.46. The Morgan fingerprint density at radius 3 is 2.67 bits per heavy atom. The molecule has 3 aromatic heterocycles. The Balaban J connectivity index is 1.38. The van der Waals surface area contributed by atoms with Crippen molar-refractivity contribution in [3.63, 3.8) is 0 Å². The highest BCUT2D eigenvalue weighted by atomic mass is 15.5. The first-order valence-corrected chi connectivity index (χ1v) is 12.0. The number of aryl methyl sites for hydroxylation is 1. The average Bonchev–Trinajstić information content (AvgIpc) is 3.54. The Bertz CT molecular complexity index is 1160. The van der Waals surface area contributed by atoms with Crippen molar-refractivity contribution in [2.45, 2.75) is 70.8 Å². The summed E-state index contributed by atoms with van der Waals surface area (Å²) in [4.78, 5) is 9.51. The Morgan fingerprint density at radius 1 is 1.06 bits per heavy atom. The maximum absolute atomic E-state index is 5.03. The second kappa shape index (κ2) is 10.0. The van der Waals surface area contributed by atoms with E-state index in [2.05, 4.69) is 61.5 Å². The van der Waals surface area contributed by atoms with Crippen molar-refractivity contribution in [2.75, 3.05) is 0 Å². The second-order valence-corrected chi connectivity index (χ2v) is 8.82. The molecule has 1 aliphatic rings. The Kier molecular flexibility index (Phi) is 6.51. The Morgan fingerprint density at radius 2 is 1.91 bits per heavy atom. The third kappa shape index (κ3) is 4.84. The predicted molar refractivity (Wildman–Crippen MR) is 126 cm³/mol. The molecule has 0 atom stereocenters. The van der Waals surface area contributed by atoms with Crippen molar-refractivity contribution in [1.29, 1.82) is 0 Å². The second-order valence-electron chi connectivity index (χ2n) is 8.82. The van der Waals surface area contributed by atoms with Crippen LogP contribution in [0.1, 0.15) is 75.0 Å². The highest BCUT2D eigenvalue weighted by Crippen LogP contribution is 2.31. The average molecular weight is 443 g/mol. The van der Waals surface area contributed by atoms with Crippen LogP contribution in [0.25, 0.3) is 22.6 Å².